The fraction of sp³-hybridized carbons (Fsp3) is 0.100. The Hall–Kier alpha value is -5.52. The van der Waals surface area contributed by atoms with Crippen LogP contribution in [0.3, 0.4) is 0 Å². The molecule has 212 valence electrons. The van der Waals surface area contributed by atoms with Gasteiger partial charge in [0.1, 0.15) is 12.1 Å². The largest absolute Gasteiger partial charge is 0.416 e. The molecule has 1 aliphatic carbocycles. The van der Waals surface area contributed by atoms with Gasteiger partial charge in [0.05, 0.1) is 17.2 Å². The summed E-state index contributed by atoms with van der Waals surface area (Å²) >= 11 is 0. The second kappa shape index (κ2) is 11.2. The second-order valence-corrected chi connectivity index (χ2v) is 9.48. The number of anilines is 4. The molecule has 1 heterocycles. The van der Waals surface area contributed by atoms with Crippen LogP contribution in [0.1, 0.15) is 49.0 Å². The van der Waals surface area contributed by atoms with E-state index in [0.29, 0.717) is 39.6 Å². The number of carbonyl (C=O) groups excluding carboxylic acids is 3. The minimum atomic E-state index is -4.58. The molecule has 5 N–H and O–H groups in total. The monoisotopic (exact) mass is 572 g/mol. The first-order valence-corrected chi connectivity index (χ1v) is 12.6. The molecule has 4 aromatic rings. The highest BCUT2D eigenvalue weighted by atomic mass is 19.4. The number of alkyl halides is 3. The molecule has 0 saturated carbocycles. The number of amides is 3. The van der Waals surface area contributed by atoms with Crippen molar-refractivity contribution in [2.75, 3.05) is 16.0 Å². The van der Waals surface area contributed by atoms with Crippen LogP contribution in [0.15, 0.2) is 79.1 Å². The van der Waals surface area contributed by atoms with Gasteiger partial charge in [-0.2, -0.15) is 13.2 Å². The summed E-state index contributed by atoms with van der Waals surface area (Å²) in [4.78, 5) is 46.1. The quantitative estimate of drug-likeness (QED) is 0.226. The minimum Gasteiger partial charge on any atom is -0.366 e. The number of hydrogen-bond donors (Lipinski definition) is 4. The lowest BCUT2D eigenvalue weighted by molar-refractivity contribution is -0.137. The van der Waals surface area contributed by atoms with E-state index in [1.54, 1.807) is 55.5 Å². The van der Waals surface area contributed by atoms with Gasteiger partial charge < -0.3 is 21.7 Å². The molecule has 0 radical (unpaired) electrons. The van der Waals surface area contributed by atoms with Gasteiger partial charge in [0.25, 0.3) is 5.91 Å². The van der Waals surface area contributed by atoms with Crippen LogP contribution in [0.2, 0.25) is 0 Å². The smallest absolute Gasteiger partial charge is 0.366 e. The van der Waals surface area contributed by atoms with Crippen LogP contribution in [0.5, 0.6) is 0 Å². The number of nitrogens with one attached hydrogen (secondary N) is 3. The number of aromatic nitrogens is 2. The summed E-state index contributed by atoms with van der Waals surface area (Å²) in [6, 6.07) is 15.5. The van der Waals surface area contributed by atoms with Crippen molar-refractivity contribution < 1.29 is 27.6 Å². The fourth-order valence-corrected chi connectivity index (χ4v) is 4.39. The first-order valence-electron chi connectivity index (χ1n) is 12.6. The number of nitrogens with two attached hydrogens (primary N) is 1. The van der Waals surface area contributed by atoms with Gasteiger partial charge in [-0.3, -0.25) is 14.4 Å². The first kappa shape index (κ1) is 28.0. The molecule has 3 aromatic carbocycles. The molecule has 0 bridgehead atoms. The Bertz CT molecular complexity index is 1750. The van der Waals surface area contributed by atoms with Gasteiger partial charge in [-0.1, -0.05) is 30.4 Å². The van der Waals surface area contributed by atoms with Crippen molar-refractivity contribution in [2.45, 2.75) is 19.0 Å². The van der Waals surface area contributed by atoms with Crippen molar-refractivity contribution in [3.8, 4) is 0 Å². The molecule has 1 aromatic heterocycles. The van der Waals surface area contributed by atoms with E-state index in [9.17, 15) is 27.6 Å². The molecule has 12 heteroatoms. The highest BCUT2D eigenvalue weighted by Crippen LogP contribution is 2.35. The zero-order chi connectivity index (χ0) is 30.0. The lowest BCUT2D eigenvalue weighted by Crippen LogP contribution is -2.21. The number of benzene rings is 3. The van der Waals surface area contributed by atoms with E-state index in [4.69, 9.17) is 5.73 Å². The minimum absolute atomic E-state index is 0.158. The predicted octanol–water partition coefficient (Wildman–Crippen LogP) is 5.65. The number of hydrogen-bond acceptors (Lipinski definition) is 6. The highest BCUT2D eigenvalue weighted by Gasteiger charge is 2.31. The highest BCUT2D eigenvalue weighted by molar-refractivity contribution is 6.05. The molecule has 0 spiro atoms. The number of nitrogens with zero attached hydrogens (tertiary/aromatic N) is 2. The van der Waals surface area contributed by atoms with E-state index < -0.39 is 35.4 Å². The number of fused-ring (bicyclic) bond motifs is 1. The molecule has 5 rings (SSSR count). The molecule has 1 atom stereocenters. The lowest BCUT2D eigenvalue weighted by atomic mass is 10.1. The SMILES string of the molecule is Cc1ccc(NC(=O)c2cccc(C(F)(F)F)c2)cc1NC(=O)C1C=Cc2c(Nc3cccc(C(N)=O)c3)ncnc21. The number of carbonyl (C=O) groups is 3. The van der Waals surface area contributed by atoms with Gasteiger partial charge in [0.2, 0.25) is 11.8 Å². The van der Waals surface area contributed by atoms with Crippen molar-refractivity contribution in [1.82, 2.24) is 9.97 Å². The zero-order valence-electron chi connectivity index (χ0n) is 22.0. The van der Waals surface area contributed by atoms with Crippen molar-refractivity contribution >= 4 is 46.7 Å². The van der Waals surface area contributed by atoms with Crippen LogP contribution >= 0.6 is 0 Å². The van der Waals surface area contributed by atoms with Crippen LogP contribution in [-0.2, 0) is 11.0 Å². The zero-order valence-corrected chi connectivity index (χ0v) is 22.0. The number of rotatable bonds is 7. The maximum Gasteiger partial charge on any atom is 0.416 e. The molecule has 1 aliphatic rings. The Balaban J connectivity index is 1.31. The lowest BCUT2D eigenvalue weighted by Gasteiger charge is -2.15. The molecule has 9 nitrogen and oxygen atoms in total. The van der Waals surface area contributed by atoms with Gasteiger partial charge in [0.15, 0.2) is 0 Å². The van der Waals surface area contributed by atoms with Crippen molar-refractivity contribution in [3.63, 3.8) is 0 Å². The van der Waals surface area contributed by atoms with Gasteiger partial charge in [0, 0.05) is 33.8 Å². The molecule has 3 amide bonds. The Morgan fingerprint density at radius 3 is 2.40 bits per heavy atom. The van der Waals surface area contributed by atoms with Crippen LogP contribution in [0, 0.1) is 6.92 Å². The summed E-state index contributed by atoms with van der Waals surface area (Å²) in [5, 5.41) is 8.54. The Morgan fingerprint density at radius 1 is 0.881 bits per heavy atom. The molecular formula is C30H23F3N6O3. The van der Waals surface area contributed by atoms with Crippen LogP contribution in [0.25, 0.3) is 6.08 Å². The van der Waals surface area contributed by atoms with E-state index >= 15 is 0 Å². The maximum absolute atomic E-state index is 13.3. The summed E-state index contributed by atoms with van der Waals surface area (Å²) in [7, 11) is 0. The Labute approximate surface area is 237 Å². The predicted molar refractivity (Wildman–Crippen MR) is 151 cm³/mol. The molecule has 0 aliphatic heterocycles. The van der Waals surface area contributed by atoms with Crippen molar-refractivity contribution in [1.29, 1.82) is 0 Å². The van der Waals surface area contributed by atoms with E-state index in [-0.39, 0.29) is 11.3 Å². The van der Waals surface area contributed by atoms with Crippen LogP contribution in [0.4, 0.5) is 36.1 Å². The standard InChI is InChI=1S/C30H23F3N6O3/c1-16-8-9-21(38-28(41)18-5-2-6-19(12-18)30(31,32)33)14-24(16)39-29(42)23-11-10-22-25(23)35-15-36-27(22)37-20-7-3-4-17(13-20)26(34)40/h2-15,23H,1H3,(H2,34,40)(H,38,41)(H,39,42)(H,35,36,37). The Kier molecular flexibility index (Phi) is 7.45. The topological polar surface area (TPSA) is 139 Å². The summed E-state index contributed by atoms with van der Waals surface area (Å²) < 4.78 is 39.2. The maximum atomic E-state index is 13.3. The second-order valence-electron chi connectivity index (χ2n) is 9.48. The summed E-state index contributed by atoms with van der Waals surface area (Å²) in [5.74, 6) is -2.01. The van der Waals surface area contributed by atoms with Gasteiger partial charge in [-0.25, -0.2) is 9.97 Å². The van der Waals surface area contributed by atoms with E-state index in [1.165, 1.54) is 18.5 Å². The molecule has 1 unspecified atom stereocenters. The molecule has 0 saturated heterocycles. The first-order chi connectivity index (χ1) is 20.0. The van der Waals surface area contributed by atoms with Gasteiger partial charge in [-0.05, 0) is 61.0 Å². The van der Waals surface area contributed by atoms with E-state index in [0.717, 1.165) is 18.2 Å². The van der Waals surface area contributed by atoms with E-state index in [1.807, 2.05) is 0 Å². The summed E-state index contributed by atoms with van der Waals surface area (Å²) in [6.07, 6.45) is 0.136. The fourth-order valence-electron chi connectivity index (χ4n) is 4.39. The van der Waals surface area contributed by atoms with Crippen molar-refractivity contribution in [2.24, 2.45) is 5.73 Å². The third-order valence-corrected chi connectivity index (χ3v) is 6.56. The van der Waals surface area contributed by atoms with Crippen LogP contribution < -0.4 is 21.7 Å². The average Bonchev–Trinajstić information content (AvgIpc) is 3.40. The third-order valence-electron chi connectivity index (χ3n) is 6.56. The molecular weight excluding hydrogens is 549 g/mol. The van der Waals surface area contributed by atoms with Crippen LogP contribution in [-0.4, -0.2) is 27.7 Å². The molecule has 0 fully saturated rings. The van der Waals surface area contributed by atoms with Gasteiger partial charge in [-0.15, -0.1) is 0 Å². The average molecular weight is 573 g/mol. The summed E-state index contributed by atoms with van der Waals surface area (Å²) in [6.45, 7) is 1.76. The van der Waals surface area contributed by atoms with Gasteiger partial charge >= 0.3 is 6.18 Å². The number of primary amides is 1. The molecule has 42 heavy (non-hydrogen) atoms. The summed E-state index contributed by atoms with van der Waals surface area (Å²) in [5.41, 5.74) is 7.62. The Morgan fingerprint density at radius 2 is 1.64 bits per heavy atom. The third kappa shape index (κ3) is 5.97. The normalized spacial score (nSPS) is 13.8. The number of aryl methyl sites for hydroxylation is 1. The number of halogens is 3. The van der Waals surface area contributed by atoms with E-state index in [2.05, 4.69) is 25.9 Å². The van der Waals surface area contributed by atoms with Crippen molar-refractivity contribution in [3.05, 3.63) is 113 Å².